The lowest BCUT2D eigenvalue weighted by Crippen LogP contribution is -2.07. The molecule has 0 amide bonds. The molecule has 0 aliphatic heterocycles. The van der Waals surface area contributed by atoms with Crippen molar-refractivity contribution >= 4 is 39.1 Å². The number of nitrogen functional groups attached to an aromatic ring is 1. The summed E-state index contributed by atoms with van der Waals surface area (Å²) in [6, 6.07) is 7.02. The quantitative estimate of drug-likeness (QED) is 0.858. The number of carbonyl (C=O) groups is 1. The molecule has 1 aromatic carbocycles. The number of anilines is 1. The highest BCUT2D eigenvalue weighted by molar-refractivity contribution is 9.10. The van der Waals surface area contributed by atoms with Crippen molar-refractivity contribution in [3.8, 4) is 0 Å². The Bertz CT molecular complexity index is 628. The summed E-state index contributed by atoms with van der Waals surface area (Å²) in [7, 11) is 0. The Morgan fingerprint density at radius 2 is 2.06 bits per heavy atom. The third-order valence-electron chi connectivity index (χ3n) is 2.50. The van der Waals surface area contributed by atoms with Gasteiger partial charge >= 0.3 is 0 Å². The molecule has 2 N–H and O–H groups in total. The van der Waals surface area contributed by atoms with Gasteiger partial charge in [-0.1, -0.05) is 33.6 Å². The van der Waals surface area contributed by atoms with Crippen LogP contribution in [0.15, 0.2) is 34.9 Å². The molecule has 0 aliphatic carbocycles. The molecular formula is C13H10BrClN2O. The van der Waals surface area contributed by atoms with Gasteiger partial charge in [-0.3, -0.25) is 4.79 Å². The zero-order valence-electron chi connectivity index (χ0n) is 9.58. The molecule has 2 rings (SSSR count). The normalized spacial score (nSPS) is 10.4. The van der Waals surface area contributed by atoms with Crippen molar-refractivity contribution in [3.63, 3.8) is 0 Å². The Labute approximate surface area is 118 Å². The van der Waals surface area contributed by atoms with E-state index in [1.807, 2.05) is 19.1 Å². The predicted octanol–water partition coefficient (Wildman–Crippen LogP) is 3.62. The average Bonchev–Trinajstić information content (AvgIpc) is 2.31. The number of hydrogen-bond acceptors (Lipinski definition) is 3. The SMILES string of the molecule is Cc1ccc(C(=O)c2cc(Cl)cnc2N)c(Br)c1. The number of carbonyl (C=O) groups excluding carboxylic acids is 1. The average molecular weight is 326 g/mol. The van der Waals surface area contributed by atoms with E-state index >= 15 is 0 Å². The minimum absolute atomic E-state index is 0.178. The highest BCUT2D eigenvalue weighted by Gasteiger charge is 2.16. The van der Waals surface area contributed by atoms with Crippen LogP contribution in [0.4, 0.5) is 5.82 Å². The summed E-state index contributed by atoms with van der Waals surface area (Å²) in [5.41, 5.74) is 7.62. The third kappa shape index (κ3) is 2.54. The van der Waals surface area contributed by atoms with Gasteiger partial charge in [-0.05, 0) is 30.7 Å². The first-order chi connectivity index (χ1) is 8.49. The van der Waals surface area contributed by atoms with Gasteiger partial charge < -0.3 is 5.73 Å². The van der Waals surface area contributed by atoms with E-state index < -0.39 is 0 Å². The lowest BCUT2D eigenvalue weighted by atomic mass is 10.0. The molecule has 3 nitrogen and oxygen atoms in total. The molecule has 0 saturated heterocycles. The Morgan fingerprint density at radius 3 is 2.72 bits per heavy atom. The topological polar surface area (TPSA) is 56.0 Å². The Kier molecular flexibility index (Phi) is 3.68. The zero-order chi connectivity index (χ0) is 13.3. The summed E-state index contributed by atoms with van der Waals surface area (Å²) in [5.74, 6) is -0.0220. The van der Waals surface area contributed by atoms with Crippen molar-refractivity contribution < 1.29 is 4.79 Å². The van der Waals surface area contributed by atoms with E-state index in [0.717, 1.165) is 10.0 Å². The molecule has 92 valence electrons. The lowest BCUT2D eigenvalue weighted by Gasteiger charge is -2.07. The fourth-order valence-electron chi connectivity index (χ4n) is 1.58. The van der Waals surface area contributed by atoms with Gasteiger partial charge in [0.1, 0.15) is 5.82 Å². The van der Waals surface area contributed by atoms with Gasteiger partial charge in [0, 0.05) is 16.2 Å². The second kappa shape index (κ2) is 5.08. The van der Waals surface area contributed by atoms with Crippen LogP contribution >= 0.6 is 27.5 Å². The first-order valence-electron chi connectivity index (χ1n) is 5.21. The molecule has 0 atom stereocenters. The maximum absolute atomic E-state index is 12.3. The van der Waals surface area contributed by atoms with Crippen LogP contribution in [0.3, 0.4) is 0 Å². The molecule has 0 bridgehead atoms. The molecular weight excluding hydrogens is 316 g/mol. The highest BCUT2D eigenvalue weighted by atomic mass is 79.9. The summed E-state index contributed by atoms with van der Waals surface area (Å²) < 4.78 is 0.729. The van der Waals surface area contributed by atoms with Crippen LogP contribution in [0.25, 0.3) is 0 Å². The van der Waals surface area contributed by atoms with Gasteiger partial charge in [0.05, 0.1) is 10.6 Å². The summed E-state index contributed by atoms with van der Waals surface area (Å²) in [6.45, 7) is 1.95. The number of pyridine rings is 1. The van der Waals surface area contributed by atoms with Crippen LogP contribution in [-0.4, -0.2) is 10.8 Å². The van der Waals surface area contributed by atoms with Crippen molar-refractivity contribution in [1.29, 1.82) is 0 Å². The second-order valence-electron chi connectivity index (χ2n) is 3.90. The molecule has 1 heterocycles. The van der Waals surface area contributed by atoms with Crippen LogP contribution in [0, 0.1) is 6.92 Å². The van der Waals surface area contributed by atoms with Gasteiger partial charge in [-0.15, -0.1) is 0 Å². The maximum Gasteiger partial charge on any atom is 0.197 e. The second-order valence-corrected chi connectivity index (χ2v) is 5.19. The molecule has 0 aliphatic rings. The fraction of sp³-hybridized carbons (Fsp3) is 0.0769. The number of rotatable bonds is 2. The number of halogens is 2. The van der Waals surface area contributed by atoms with Crippen molar-refractivity contribution in [3.05, 3.63) is 56.6 Å². The molecule has 5 heteroatoms. The minimum Gasteiger partial charge on any atom is -0.383 e. The van der Waals surface area contributed by atoms with Gasteiger partial charge in [0.2, 0.25) is 0 Å². The first kappa shape index (κ1) is 13.1. The van der Waals surface area contributed by atoms with Crippen LogP contribution in [0.1, 0.15) is 21.5 Å². The van der Waals surface area contributed by atoms with Crippen LogP contribution in [0.5, 0.6) is 0 Å². The summed E-state index contributed by atoms with van der Waals surface area (Å²) in [6.07, 6.45) is 1.41. The third-order valence-corrected chi connectivity index (χ3v) is 3.36. The number of ketones is 1. The number of nitrogens with two attached hydrogens (primary N) is 1. The van der Waals surface area contributed by atoms with Crippen LogP contribution in [-0.2, 0) is 0 Å². The van der Waals surface area contributed by atoms with Crippen molar-refractivity contribution in [2.45, 2.75) is 6.92 Å². The van der Waals surface area contributed by atoms with Crippen molar-refractivity contribution in [1.82, 2.24) is 4.98 Å². The van der Waals surface area contributed by atoms with Crippen LogP contribution in [0.2, 0.25) is 5.02 Å². The molecule has 18 heavy (non-hydrogen) atoms. The summed E-state index contributed by atoms with van der Waals surface area (Å²) in [5, 5.41) is 0.385. The molecule has 0 fully saturated rings. The van der Waals surface area contributed by atoms with E-state index in [1.165, 1.54) is 12.3 Å². The van der Waals surface area contributed by atoms with E-state index in [2.05, 4.69) is 20.9 Å². The maximum atomic E-state index is 12.3. The standard InChI is InChI=1S/C13H10BrClN2O/c1-7-2-3-9(11(14)4-7)12(18)10-5-8(15)6-17-13(10)16/h2-6H,1H3,(H2,16,17). The van der Waals surface area contributed by atoms with Gasteiger partial charge in [-0.25, -0.2) is 4.98 Å². The largest absolute Gasteiger partial charge is 0.383 e. The van der Waals surface area contributed by atoms with E-state index in [-0.39, 0.29) is 11.6 Å². The van der Waals surface area contributed by atoms with Gasteiger partial charge in [0.15, 0.2) is 5.78 Å². The van der Waals surface area contributed by atoms with E-state index in [1.54, 1.807) is 6.07 Å². The molecule has 0 spiro atoms. The van der Waals surface area contributed by atoms with Gasteiger partial charge in [-0.2, -0.15) is 0 Å². The molecule has 1 aromatic heterocycles. The monoisotopic (exact) mass is 324 g/mol. The minimum atomic E-state index is -0.200. The van der Waals surface area contributed by atoms with Crippen molar-refractivity contribution in [2.24, 2.45) is 0 Å². The number of nitrogens with zero attached hydrogens (tertiary/aromatic N) is 1. The Morgan fingerprint density at radius 1 is 1.33 bits per heavy atom. The number of aryl methyl sites for hydroxylation is 1. The van der Waals surface area contributed by atoms with Gasteiger partial charge in [0.25, 0.3) is 0 Å². The Hall–Kier alpha value is -1.39. The van der Waals surface area contributed by atoms with Crippen molar-refractivity contribution in [2.75, 3.05) is 5.73 Å². The molecule has 0 radical (unpaired) electrons. The number of aromatic nitrogens is 1. The smallest absolute Gasteiger partial charge is 0.197 e. The zero-order valence-corrected chi connectivity index (χ0v) is 11.9. The number of hydrogen-bond donors (Lipinski definition) is 1. The first-order valence-corrected chi connectivity index (χ1v) is 6.38. The molecule has 0 unspecified atom stereocenters. The van der Waals surface area contributed by atoms with E-state index in [9.17, 15) is 4.79 Å². The highest BCUT2D eigenvalue weighted by Crippen LogP contribution is 2.24. The lowest BCUT2D eigenvalue weighted by molar-refractivity contribution is 0.103. The van der Waals surface area contributed by atoms with E-state index in [0.29, 0.717) is 16.1 Å². The Balaban J connectivity index is 2.51. The number of benzene rings is 1. The van der Waals surface area contributed by atoms with Crippen LogP contribution < -0.4 is 5.73 Å². The molecule has 2 aromatic rings. The summed E-state index contributed by atoms with van der Waals surface area (Å²) in [4.78, 5) is 16.2. The fourth-order valence-corrected chi connectivity index (χ4v) is 2.41. The molecule has 0 saturated carbocycles. The summed E-state index contributed by atoms with van der Waals surface area (Å²) >= 11 is 9.20. The predicted molar refractivity (Wildman–Crippen MR) is 76.0 cm³/mol. The van der Waals surface area contributed by atoms with E-state index in [4.69, 9.17) is 17.3 Å².